The molecule has 4 unspecified atom stereocenters. The molecule has 3 aromatic carbocycles. The minimum absolute atomic E-state index is 0.0189. The summed E-state index contributed by atoms with van der Waals surface area (Å²) in [6, 6.07) is 13.1. The van der Waals surface area contributed by atoms with Gasteiger partial charge in [-0.15, -0.1) is 0 Å². The number of amides is 4. The van der Waals surface area contributed by atoms with Crippen molar-refractivity contribution in [3.63, 3.8) is 0 Å². The van der Waals surface area contributed by atoms with E-state index in [2.05, 4.69) is 9.97 Å². The summed E-state index contributed by atoms with van der Waals surface area (Å²) in [4.78, 5) is 59.1. The maximum atomic E-state index is 16.6. The molecule has 59 heavy (non-hydrogen) atoms. The number of aromatic nitrogens is 4. The Bertz CT molecular complexity index is 2870. The molecule has 4 atom stereocenters. The molecule has 2 aromatic heterocycles. The second kappa shape index (κ2) is 15.1. The smallest absolute Gasteiger partial charge is 0.265 e. The summed E-state index contributed by atoms with van der Waals surface area (Å²) < 4.78 is 144. The third kappa shape index (κ3) is 6.70. The first-order valence-electron chi connectivity index (χ1n) is 22.5. The van der Waals surface area contributed by atoms with Gasteiger partial charge in [-0.3, -0.25) is 34.3 Å². The Hall–Kier alpha value is -6.43. The number of benzene rings is 3. The second-order valence-corrected chi connectivity index (χ2v) is 14.3. The lowest BCUT2D eigenvalue weighted by molar-refractivity contribution is -0.136. The first kappa shape index (κ1) is 29.7. The molecule has 2 saturated heterocycles. The van der Waals surface area contributed by atoms with Crippen LogP contribution in [0.25, 0.3) is 22.3 Å². The number of nitrogens with one attached hydrogen (secondary N) is 1. The number of imide groups is 2. The van der Waals surface area contributed by atoms with E-state index in [1.807, 2.05) is 23.5 Å². The number of piperidine rings is 1. The van der Waals surface area contributed by atoms with Crippen LogP contribution in [0, 0.1) is 23.4 Å². The molecule has 9 rings (SSSR count). The average molecular weight is 820 g/mol. The molecule has 4 amide bonds. The van der Waals surface area contributed by atoms with Gasteiger partial charge in [0.15, 0.2) is 23.1 Å². The van der Waals surface area contributed by atoms with Gasteiger partial charge in [0, 0.05) is 50.0 Å². The Morgan fingerprint density at radius 1 is 0.847 bits per heavy atom. The molecule has 1 aliphatic carbocycles. The summed E-state index contributed by atoms with van der Waals surface area (Å²) in [7, 11) is 0. The van der Waals surface area contributed by atoms with Crippen LogP contribution in [0.5, 0.6) is 11.5 Å². The van der Waals surface area contributed by atoms with Crippen molar-refractivity contribution in [1.82, 2.24) is 34.9 Å². The van der Waals surface area contributed by atoms with Crippen LogP contribution in [0.2, 0.25) is 0 Å². The van der Waals surface area contributed by atoms with Crippen LogP contribution >= 0.6 is 0 Å². The molecule has 0 radical (unpaired) electrons. The van der Waals surface area contributed by atoms with Gasteiger partial charge in [-0.05, 0) is 68.0 Å². The van der Waals surface area contributed by atoms with Crippen LogP contribution in [0.15, 0.2) is 60.9 Å². The van der Waals surface area contributed by atoms with Gasteiger partial charge in [0.05, 0.1) is 28.0 Å². The number of carbonyl (C=O) groups is 4. The quantitative estimate of drug-likeness (QED) is 0.120. The van der Waals surface area contributed by atoms with Crippen molar-refractivity contribution in [3.05, 3.63) is 89.5 Å². The van der Waals surface area contributed by atoms with E-state index in [1.54, 1.807) is 36.4 Å². The number of anilines is 2. The van der Waals surface area contributed by atoms with Gasteiger partial charge in [0.1, 0.15) is 47.2 Å². The molecule has 5 aromatic rings. The zero-order valence-electron chi connectivity index (χ0n) is 38.6. The maximum Gasteiger partial charge on any atom is 0.265 e. The number of nitrogens with zero attached hydrogens (tertiary/aromatic N) is 7. The van der Waals surface area contributed by atoms with Crippen LogP contribution in [-0.2, 0) is 9.59 Å². The van der Waals surface area contributed by atoms with Gasteiger partial charge in [-0.2, -0.15) is 5.10 Å². The lowest BCUT2D eigenvalue weighted by atomic mass is 9.84. The fourth-order valence-corrected chi connectivity index (χ4v) is 7.88. The Labute approximate surface area is 345 Å². The zero-order chi connectivity index (χ0) is 48.3. The summed E-state index contributed by atoms with van der Waals surface area (Å²) >= 11 is 0. The number of rotatable bonds is 8. The minimum Gasteiger partial charge on any atom is -0.457 e. The van der Waals surface area contributed by atoms with Crippen molar-refractivity contribution >= 4 is 46.2 Å². The van der Waals surface area contributed by atoms with E-state index in [1.165, 1.54) is 11.0 Å². The molecule has 3 fully saturated rings. The van der Waals surface area contributed by atoms with Gasteiger partial charge in [0.25, 0.3) is 11.8 Å². The molecular formula is C41H37F4N9O5. The molecule has 1 saturated carbocycles. The third-order valence-corrected chi connectivity index (χ3v) is 10.7. The number of carbonyl (C=O) groups excluding carboxylic acids is 4. The van der Waals surface area contributed by atoms with E-state index >= 15 is 17.6 Å². The lowest BCUT2D eigenvalue weighted by Crippen LogP contribution is -2.54. The van der Waals surface area contributed by atoms with Crippen LogP contribution < -0.4 is 20.7 Å². The van der Waals surface area contributed by atoms with Crippen molar-refractivity contribution < 1.29 is 52.4 Å². The molecule has 0 spiro atoms. The van der Waals surface area contributed by atoms with E-state index in [0.717, 1.165) is 0 Å². The maximum absolute atomic E-state index is 16.6. The minimum atomic E-state index is -4.01. The predicted molar refractivity (Wildman–Crippen MR) is 205 cm³/mol. The molecule has 4 aliphatic rings. The molecular weight excluding hydrogens is 775 g/mol. The molecule has 3 aliphatic heterocycles. The number of nitrogens with two attached hydrogens (primary N) is 1. The summed E-state index contributed by atoms with van der Waals surface area (Å²) in [6.07, 6.45) is -1.88. The largest absolute Gasteiger partial charge is 0.457 e. The Morgan fingerprint density at radius 3 is 2.24 bits per heavy atom. The number of hydrogen-bond donors (Lipinski definition) is 2. The number of fused-ring (bicyclic) bond motifs is 2. The Balaban J connectivity index is 0.986. The van der Waals surface area contributed by atoms with Crippen molar-refractivity contribution in [2.24, 2.45) is 5.92 Å². The number of halogens is 4. The summed E-state index contributed by atoms with van der Waals surface area (Å²) in [6.45, 7) is -16.4. The van der Waals surface area contributed by atoms with Crippen molar-refractivity contribution in [1.29, 1.82) is 0 Å². The van der Waals surface area contributed by atoms with Crippen molar-refractivity contribution in [2.75, 3.05) is 43.2 Å². The number of para-hydroxylation sites is 1. The highest BCUT2D eigenvalue weighted by Gasteiger charge is 2.50. The number of hydrogen-bond acceptors (Lipinski definition) is 11. The SMILES string of the molecule is [2H]C1([2H])N(CC2CCC(n3nc(-c4ccc(Oc5ccccc5)cc4)c4c(N)ncnc43)C(F)C2)C([2H])([2H])C([2H])([2H])N(c2c(F)c(F)c3c(c2F)C(=O)N(C2CCC(=O)NC2=O)C3=O)C1([2H])[2H]. The van der Waals surface area contributed by atoms with Crippen molar-refractivity contribution in [3.8, 4) is 22.8 Å². The highest BCUT2D eigenvalue weighted by atomic mass is 19.2. The van der Waals surface area contributed by atoms with Crippen LogP contribution in [0.1, 0.15) is 69.8 Å². The van der Waals surface area contributed by atoms with E-state index in [-0.39, 0.29) is 34.1 Å². The number of piperazine rings is 1. The highest BCUT2D eigenvalue weighted by Crippen LogP contribution is 2.41. The lowest BCUT2D eigenvalue weighted by Gasteiger charge is -2.39. The fraction of sp³-hybridized carbons (Fsp3) is 0.341. The van der Waals surface area contributed by atoms with Crippen LogP contribution in [0.4, 0.5) is 29.1 Å². The highest BCUT2D eigenvalue weighted by molar-refractivity contribution is 6.24. The molecule has 18 heteroatoms. The van der Waals surface area contributed by atoms with E-state index in [0.29, 0.717) is 28.1 Å². The van der Waals surface area contributed by atoms with E-state index in [9.17, 15) is 19.2 Å². The molecule has 14 nitrogen and oxygen atoms in total. The first-order valence-corrected chi connectivity index (χ1v) is 18.5. The third-order valence-electron chi connectivity index (χ3n) is 10.7. The van der Waals surface area contributed by atoms with Gasteiger partial charge >= 0.3 is 0 Å². The monoisotopic (exact) mass is 819 g/mol. The summed E-state index contributed by atoms with van der Waals surface area (Å²) in [5.74, 6) is -12.2. The predicted octanol–water partition coefficient (Wildman–Crippen LogP) is 5.19. The van der Waals surface area contributed by atoms with E-state index < -0.39 is 139 Å². The summed E-state index contributed by atoms with van der Waals surface area (Å²) in [5.41, 5.74) is 2.25. The van der Waals surface area contributed by atoms with Crippen LogP contribution in [0.3, 0.4) is 0 Å². The molecule has 3 N–H and O–H groups in total. The summed E-state index contributed by atoms with van der Waals surface area (Å²) in [5, 5.41) is 6.91. The number of nitrogen functional groups attached to an aromatic ring is 1. The average Bonchev–Trinajstić information content (AvgIpc) is 3.78. The zero-order valence-corrected chi connectivity index (χ0v) is 30.6. The fourth-order valence-electron chi connectivity index (χ4n) is 7.88. The molecule has 5 heterocycles. The van der Waals surface area contributed by atoms with E-state index in [4.69, 9.17) is 26.5 Å². The van der Waals surface area contributed by atoms with Crippen molar-refractivity contribution in [2.45, 2.75) is 50.4 Å². The standard InChI is InChI=1S/C41H37F4N9O5/c42-25-18-21(6-11-26(25)54-38-31(37(46)47-20-48-38)35(50-54)22-7-9-24(10-8-22)59-23-4-2-1-3-5-23)19-51-14-16-52(17-15-51)36-33(44)30-29(32(43)34(36)45)40(57)53(41(30)58)27-12-13-28(55)49-39(27)56/h1-5,7-10,20-21,25-27H,6,11-19H2,(H2,46,47,48)(H,49,55,56)/i14D2,15D2,16D2,17D2. The van der Waals surface area contributed by atoms with Gasteiger partial charge in [-0.1, -0.05) is 18.2 Å². The topological polar surface area (TPSA) is 169 Å². The molecule has 304 valence electrons. The molecule has 0 bridgehead atoms. The Kier molecular flexibility index (Phi) is 7.59. The van der Waals surface area contributed by atoms with Crippen LogP contribution in [-0.4, -0.2) is 97.9 Å². The second-order valence-electron chi connectivity index (χ2n) is 14.3. The van der Waals surface area contributed by atoms with Gasteiger partial charge in [-0.25, -0.2) is 32.2 Å². The van der Waals surface area contributed by atoms with Gasteiger partial charge < -0.3 is 15.4 Å². The number of alkyl halides is 1. The van der Waals surface area contributed by atoms with Gasteiger partial charge in [0.2, 0.25) is 11.8 Å². The first-order chi connectivity index (χ1) is 31.5. The normalized spacial score (nSPS) is 28.0. The Morgan fingerprint density at radius 2 is 1.54 bits per heavy atom. The number of ether oxygens (including phenoxy) is 1.